The van der Waals surface area contributed by atoms with Gasteiger partial charge in [0.15, 0.2) is 0 Å². The molecule has 1 aliphatic rings. The van der Waals surface area contributed by atoms with Crippen molar-refractivity contribution in [3.63, 3.8) is 0 Å². The smallest absolute Gasteiger partial charge is 0.321 e. The van der Waals surface area contributed by atoms with Crippen molar-refractivity contribution in [3.8, 4) is 0 Å². The van der Waals surface area contributed by atoms with E-state index in [1.807, 2.05) is 30.5 Å². The zero-order valence-electron chi connectivity index (χ0n) is 9.36. The van der Waals surface area contributed by atoms with Crippen LogP contribution in [0, 0.1) is 0 Å². The van der Waals surface area contributed by atoms with Crippen LogP contribution in [0.15, 0.2) is 29.2 Å². The first kappa shape index (κ1) is 11.5. The number of thioether (sulfide) groups is 1. The Balaban J connectivity index is 2.30. The van der Waals surface area contributed by atoms with Gasteiger partial charge in [-0.25, -0.2) is 0 Å². The van der Waals surface area contributed by atoms with Crippen LogP contribution in [0.4, 0.5) is 0 Å². The maximum atomic E-state index is 11.8. The minimum absolute atomic E-state index is 0.212. The molecule has 3 nitrogen and oxygen atoms in total. The number of rotatable bonds is 3. The highest BCUT2D eigenvalue weighted by molar-refractivity contribution is 7.98. The van der Waals surface area contributed by atoms with Crippen LogP contribution in [-0.2, 0) is 19.7 Å². The Morgan fingerprint density at radius 3 is 2.38 bits per heavy atom. The minimum Gasteiger partial charge on any atom is -0.468 e. The molecule has 0 radical (unpaired) electrons. The molecule has 86 valence electrons. The summed E-state index contributed by atoms with van der Waals surface area (Å²) in [5.74, 6) is -0.212. The van der Waals surface area contributed by atoms with Crippen LogP contribution in [0.5, 0.6) is 0 Å². The molecule has 0 aromatic heterocycles. The number of methoxy groups -OCH3 is 1. The van der Waals surface area contributed by atoms with Crippen molar-refractivity contribution in [3.05, 3.63) is 29.8 Å². The largest absolute Gasteiger partial charge is 0.468 e. The first-order valence-corrected chi connectivity index (χ1v) is 6.26. The van der Waals surface area contributed by atoms with Crippen LogP contribution in [0.25, 0.3) is 0 Å². The molecule has 0 spiro atoms. The van der Waals surface area contributed by atoms with Crippen molar-refractivity contribution < 1.29 is 14.3 Å². The van der Waals surface area contributed by atoms with E-state index in [1.165, 1.54) is 12.0 Å². The van der Waals surface area contributed by atoms with Crippen LogP contribution >= 0.6 is 11.8 Å². The van der Waals surface area contributed by atoms with Gasteiger partial charge in [0, 0.05) is 4.90 Å². The van der Waals surface area contributed by atoms with Crippen molar-refractivity contribution in [1.29, 1.82) is 0 Å². The van der Waals surface area contributed by atoms with Gasteiger partial charge < -0.3 is 9.47 Å². The second-order valence-electron chi connectivity index (χ2n) is 3.79. The fourth-order valence-electron chi connectivity index (χ4n) is 1.81. The van der Waals surface area contributed by atoms with E-state index in [0.717, 1.165) is 5.56 Å². The Hall–Kier alpha value is -1.00. The van der Waals surface area contributed by atoms with Gasteiger partial charge in [-0.1, -0.05) is 12.1 Å². The van der Waals surface area contributed by atoms with Crippen LogP contribution in [0.2, 0.25) is 0 Å². The van der Waals surface area contributed by atoms with E-state index >= 15 is 0 Å². The van der Waals surface area contributed by atoms with E-state index in [1.54, 1.807) is 11.8 Å². The lowest BCUT2D eigenvalue weighted by atomic mass is 9.79. The molecule has 0 saturated carbocycles. The number of ether oxygens (including phenoxy) is 2. The average Bonchev–Trinajstić information content (AvgIpc) is 2.28. The van der Waals surface area contributed by atoms with Gasteiger partial charge in [0.2, 0.25) is 0 Å². The van der Waals surface area contributed by atoms with E-state index in [9.17, 15) is 4.79 Å². The van der Waals surface area contributed by atoms with Gasteiger partial charge in [-0.15, -0.1) is 11.8 Å². The summed E-state index contributed by atoms with van der Waals surface area (Å²) in [6, 6.07) is 7.99. The number of hydrogen-bond donors (Lipinski definition) is 0. The molecule has 0 aliphatic carbocycles. The third kappa shape index (κ3) is 1.72. The highest BCUT2D eigenvalue weighted by Crippen LogP contribution is 2.34. The van der Waals surface area contributed by atoms with Crippen LogP contribution in [0.1, 0.15) is 5.56 Å². The molecule has 2 rings (SSSR count). The number of esters is 1. The molecule has 1 aromatic carbocycles. The lowest BCUT2D eigenvalue weighted by Crippen LogP contribution is -2.53. The molecule has 4 heteroatoms. The second kappa shape index (κ2) is 4.47. The van der Waals surface area contributed by atoms with Crippen molar-refractivity contribution in [2.24, 2.45) is 0 Å². The fraction of sp³-hybridized carbons (Fsp3) is 0.417. The van der Waals surface area contributed by atoms with Gasteiger partial charge in [-0.2, -0.15) is 0 Å². The van der Waals surface area contributed by atoms with Gasteiger partial charge in [0.25, 0.3) is 0 Å². The predicted molar refractivity (Wildman–Crippen MR) is 62.7 cm³/mol. The zero-order valence-corrected chi connectivity index (χ0v) is 10.2. The maximum absolute atomic E-state index is 11.8. The molecule has 0 amide bonds. The summed E-state index contributed by atoms with van der Waals surface area (Å²) < 4.78 is 10.0. The first-order chi connectivity index (χ1) is 7.73. The third-order valence-corrected chi connectivity index (χ3v) is 3.66. The summed E-state index contributed by atoms with van der Waals surface area (Å²) in [6.45, 7) is 0.830. The predicted octanol–water partition coefficient (Wildman–Crippen LogP) is 1.85. The monoisotopic (exact) mass is 238 g/mol. The van der Waals surface area contributed by atoms with Gasteiger partial charge in [-0.3, -0.25) is 4.79 Å². The molecule has 0 bridgehead atoms. The van der Waals surface area contributed by atoms with Gasteiger partial charge in [0.1, 0.15) is 5.41 Å². The Morgan fingerprint density at radius 2 is 2.00 bits per heavy atom. The van der Waals surface area contributed by atoms with Gasteiger partial charge in [0.05, 0.1) is 20.3 Å². The van der Waals surface area contributed by atoms with E-state index in [4.69, 9.17) is 9.47 Å². The molecule has 1 aliphatic heterocycles. The summed E-state index contributed by atoms with van der Waals surface area (Å²) in [4.78, 5) is 12.9. The van der Waals surface area contributed by atoms with Crippen molar-refractivity contribution in [2.45, 2.75) is 10.3 Å². The summed E-state index contributed by atoms with van der Waals surface area (Å²) >= 11 is 1.68. The molecule has 0 unspecified atom stereocenters. The Kier molecular flexibility index (Phi) is 3.21. The van der Waals surface area contributed by atoms with Gasteiger partial charge >= 0.3 is 5.97 Å². The average molecular weight is 238 g/mol. The molecule has 1 heterocycles. The molecular formula is C12H14O3S. The van der Waals surface area contributed by atoms with Crippen molar-refractivity contribution >= 4 is 17.7 Å². The number of benzene rings is 1. The van der Waals surface area contributed by atoms with E-state index in [2.05, 4.69) is 0 Å². The number of carbonyl (C=O) groups is 1. The highest BCUT2D eigenvalue weighted by atomic mass is 32.2. The lowest BCUT2D eigenvalue weighted by Gasteiger charge is -2.38. The third-order valence-electron chi connectivity index (χ3n) is 2.92. The fourth-order valence-corrected chi connectivity index (χ4v) is 2.22. The molecule has 16 heavy (non-hydrogen) atoms. The molecule has 0 atom stereocenters. The lowest BCUT2D eigenvalue weighted by molar-refractivity contribution is -0.166. The second-order valence-corrected chi connectivity index (χ2v) is 4.67. The number of hydrogen-bond acceptors (Lipinski definition) is 4. The molecular weight excluding hydrogens is 224 g/mol. The van der Waals surface area contributed by atoms with Gasteiger partial charge in [-0.05, 0) is 24.0 Å². The van der Waals surface area contributed by atoms with Crippen LogP contribution in [-0.4, -0.2) is 32.5 Å². The summed E-state index contributed by atoms with van der Waals surface area (Å²) in [7, 11) is 1.42. The highest BCUT2D eigenvalue weighted by Gasteiger charge is 2.48. The van der Waals surface area contributed by atoms with Crippen molar-refractivity contribution in [2.75, 3.05) is 26.6 Å². The summed E-state index contributed by atoms with van der Waals surface area (Å²) in [5.41, 5.74) is 0.398. The Labute approximate surface area is 99.1 Å². The van der Waals surface area contributed by atoms with E-state index in [-0.39, 0.29) is 5.97 Å². The first-order valence-electron chi connectivity index (χ1n) is 5.03. The zero-order chi connectivity index (χ0) is 11.6. The Bertz CT molecular complexity index is 382. The van der Waals surface area contributed by atoms with Crippen LogP contribution < -0.4 is 0 Å². The maximum Gasteiger partial charge on any atom is 0.321 e. The van der Waals surface area contributed by atoms with Crippen molar-refractivity contribution in [1.82, 2.24) is 0 Å². The number of carbonyl (C=O) groups excluding carboxylic acids is 1. The minimum atomic E-state index is -0.578. The normalized spacial score (nSPS) is 17.6. The quantitative estimate of drug-likeness (QED) is 0.594. The molecule has 1 saturated heterocycles. The topological polar surface area (TPSA) is 35.5 Å². The SMILES string of the molecule is COC(=O)C1(c2ccc(SC)cc2)COC1. The molecule has 0 N–H and O–H groups in total. The van der Waals surface area contributed by atoms with E-state index in [0.29, 0.717) is 13.2 Å². The Morgan fingerprint density at radius 1 is 1.38 bits per heavy atom. The summed E-state index contributed by atoms with van der Waals surface area (Å²) in [5, 5.41) is 0. The van der Waals surface area contributed by atoms with Crippen LogP contribution in [0.3, 0.4) is 0 Å². The molecule has 1 aromatic rings. The standard InChI is InChI=1S/C12H14O3S/c1-14-11(13)12(7-15-8-12)9-3-5-10(16-2)6-4-9/h3-6H,7-8H2,1-2H3. The molecule has 1 fully saturated rings. The van der Waals surface area contributed by atoms with E-state index < -0.39 is 5.41 Å². The summed E-state index contributed by atoms with van der Waals surface area (Å²) in [6.07, 6.45) is 2.03.